The summed E-state index contributed by atoms with van der Waals surface area (Å²) in [5, 5.41) is 4.37. The van der Waals surface area contributed by atoms with Gasteiger partial charge in [-0.1, -0.05) is 17.7 Å². The Bertz CT molecular complexity index is 978. The zero-order chi connectivity index (χ0) is 18.0. The lowest BCUT2D eigenvalue weighted by molar-refractivity contribution is 0.483. The third-order valence-electron chi connectivity index (χ3n) is 3.42. The predicted octanol–water partition coefficient (Wildman–Crippen LogP) is 3.82. The van der Waals surface area contributed by atoms with Crippen LogP contribution in [0.3, 0.4) is 0 Å². The molecule has 1 aromatic heterocycles. The van der Waals surface area contributed by atoms with Crippen molar-refractivity contribution < 1.29 is 17.2 Å². The van der Waals surface area contributed by atoms with E-state index in [9.17, 15) is 8.42 Å². The van der Waals surface area contributed by atoms with E-state index >= 15 is 0 Å². The number of benzene rings is 2. The fourth-order valence-electron chi connectivity index (χ4n) is 2.16. The van der Waals surface area contributed by atoms with Crippen LogP contribution in [0.1, 0.15) is 11.3 Å². The van der Waals surface area contributed by atoms with Crippen molar-refractivity contribution in [2.24, 2.45) is 0 Å². The third kappa shape index (κ3) is 4.22. The average Bonchev–Trinajstić information content (AvgIpc) is 2.94. The number of hydrogen-bond acceptors (Lipinski definition) is 5. The second-order valence-electron chi connectivity index (χ2n) is 5.48. The Balaban J connectivity index is 1.84. The molecule has 0 fully saturated rings. The van der Waals surface area contributed by atoms with E-state index in [4.69, 9.17) is 8.74 Å². The molecular weight excluding hydrogens is 360 g/mol. The van der Waals surface area contributed by atoms with Crippen molar-refractivity contribution in [3.8, 4) is 11.6 Å². The van der Waals surface area contributed by atoms with Gasteiger partial charge in [0.2, 0.25) is 5.88 Å². The Morgan fingerprint density at radius 1 is 1.04 bits per heavy atom. The first kappa shape index (κ1) is 17.5. The van der Waals surface area contributed by atoms with Crippen molar-refractivity contribution in [3.05, 3.63) is 65.9 Å². The third-order valence-corrected chi connectivity index (χ3v) is 5.01. The first-order chi connectivity index (χ1) is 11.8. The number of hydrogen-bond donors (Lipinski definition) is 1. The van der Waals surface area contributed by atoms with Crippen LogP contribution in [-0.4, -0.2) is 22.8 Å². The molecule has 8 heteroatoms. The highest BCUT2D eigenvalue weighted by atomic mass is 32.2. The smallest absolute Gasteiger partial charge is 0.294 e. The molecule has 0 radical (unpaired) electrons. The Morgan fingerprint density at radius 3 is 2.28 bits per heavy atom. The monoisotopic (exact) mass is 376 g/mol. The van der Waals surface area contributed by atoms with Crippen LogP contribution in [0.15, 0.2) is 64.4 Å². The van der Waals surface area contributed by atoms with E-state index in [1.54, 1.807) is 22.9 Å². The number of aryl methyl sites for hydroxylation is 2. The van der Waals surface area contributed by atoms with Crippen LogP contribution >= 0.6 is 12.0 Å². The topological polar surface area (TPSA) is 81.4 Å². The second-order valence-corrected chi connectivity index (χ2v) is 7.71. The van der Waals surface area contributed by atoms with Crippen LogP contribution in [0.5, 0.6) is 5.88 Å². The largest absolute Gasteiger partial charge is 0.400 e. The van der Waals surface area contributed by atoms with Crippen molar-refractivity contribution in [2.75, 3.05) is 0 Å². The molecule has 0 spiro atoms. The minimum Gasteiger partial charge on any atom is -0.400 e. The van der Waals surface area contributed by atoms with Gasteiger partial charge in [0.15, 0.2) is 0 Å². The summed E-state index contributed by atoms with van der Waals surface area (Å²) in [6, 6.07) is 15.5. The maximum absolute atomic E-state index is 11.1. The zero-order valence-electron chi connectivity index (χ0n) is 13.6. The van der Waals surface area contributed by atoms with Crippen LogP contribution in [0, 0.1) is 13.8 Å². The second kappa shape index (κ2) is 6.91. The van der Waals surface area contributed by atoms with E-state index in [0.29, 0.717) is 11.6 Å². The van der Waals surface area contributed by atoms with Crippen LogP contribution < -0.4 is 4.18 Å². The van der Waals surface area contributed by atoms with Gasteiger partial charge in [0.05, 0.1) is 28.3 Å². The molecule has 0 unspecified atom stereocenters. The van der Waals surface area contributed by atoms with Gasteiger partial charge in [0.25, 0.3) is 10.1 Å². The first-order valence-corrected chi connectivity index (χ1v) is 9.57. The molecule has 2 aromatic carbocycles. The Morgan fingerprint density at radius 2 is 1.68 bits per heavy atom. The van der Waals surface area contributed by atoms with Crippen LogP contribution in [0.2, 0.25) is 0 Å². The van der Waals surface area contributed by atoms with Crippen LogP contribution in [0.25, 0.3) is 5.69 Å². The quantitative estimate of drug-likeness (QED) is 0.538. The Kier molecular flexibility index (Phi) is 4.85. The highest BCUT2D eigenvalue weighted by molar-refractivity contribution is 7.95. The molecular formula is C17H16N2O4S2. The van der Waals surface area contributed by atoms with Gasteiger partial charge in [0.1, 0.15) is 0 Å². The van der Waals surface area contributed by atoms with Gasteiger partial charge in [-0.3, -0.25) is 4.55 Å². The normalized spacial score (nSPS) is 11.5. The number of nitrogens with zero attached hydrogens (tertiary/aromatic N) is 2. The van der Waals surface area contributed by atoms with Gasteiger partial charge in [0, 0.05) is 11.0 Å². The molecule has 130 valence electrons. The van der Waals surface area contributed by atoms with Gasteiger partial charge in [-0.15, -0.1) is 0 Å². The summed E-state index contributed by atoms with van der Waals surface area (Å²) in [4.78, 5) is 0.786. The minimum absolute atomic E-state index is 0.170. The van der Waals surface area contributed by atoms with E-state index in [1.165, 1.54) is 29.7 Å². The SMILES string of the molecule is Cc1ccc(SOc2cc(C)nn2-c2ccc(S(=O)(=O)O)cc2)cc1. The van der Waals surface area contributed by atoms with Gasteiger partial charge in [-0.25, -0.2) is 0 Å². The summed E-state index contributed by atoms with van der Waals surface area (Å²) < 4.78 is 38.7. The average molecular weight is 376 g/mol. The van der Waals surface area contributed by atoms with E-state index in [2.05, 4.69) is 5.10 Å². The molecule has 0 bridgehead atoms. The number of aromatic nitrogens is 2. The van der Waals surface area contributed by atoms with E-state index in [1.807, 2.05) is 38.1 Å². The van der Waals surface area contributed by atoms with Crippen LogP contribution in [-0.2, 0) is 10.1 Å². The highest BCUT2D eigenvalue weighted by Gasteiger charge is 2.13. The molecule has 0 saturated heterocycles. The fourth-order valence-corrected chi connectivity index (χ4v) is 3.19. The van der Waals surface area contributed by atoms with Crippen molar-refractivity contribution >= 4 is 22.2 Å². The standard InChI is InChI=1S/C17H16N2O4S2/c1-12-3-7-15(8-4-12)24-23-17-11-13(2)18-19(17)14-5-9-16(10-6-14)25(20,21)22/h3-11H,1-2H3,(H,20,21,22). The van der Waals surface area contributed by atoms with Crippen molar-refractivity contribution in [1.82, 2.24) is 9.78 Å². The molecule has 3 aromatic rings. The maximum Gasteiger partial charge on any atom is 0.294 e. The number of rotatable bonds is 5. The zero-order valence-corrected chi connectivity index (χ0v) is 15.2. The van der Waals surface area contributed by atoms with Crippen LogP contribution in [0.4, 0.5) is 0 Å². The summed E-state index contributed by atoms with van der Waals surface area (Å²) in [6.07, 6.45) is 0. The lowest BCUT2D eigenvalue weighted by atomic mass is 10.2. The molecule has 3 rings (SSSR count). The molecule has 6 nitrogen and oxygen atoms in total. The summed E-state index contributed by atoms with van der Waals surface area (Å²) >= 11 is 1.22. The molecule has 0 aliphatic heterocycles. The minimum atomic E-state index is -4.22. The summed E-state index contributed by atoms with van der Waals surface area (Å²) in [6.45, 7) is 3.86. The lowest BCUT2D eigenvalue weighted by Gasteiger charge is -2.08. The van der Waals surface area contributed by atoms with Crippen molar-refractivity contribution in [2.45, 2.75) is 23.6 Å². The molecule has 0 atom stereocenters. The van der Waals surface area contributed by atoms with Crippen molar-refractivity contribution in [3.63, 3.8) is 0 Å². The molecule has 25 heavy (non-hydrogen) atoms. The van der Waals surface area contributed by atoms with E-state index in [0.717, 1.165) is 10.6 Å². The molecule has 0 amide bonds. The molecule has 1 heterocycles. The van der Waals surface area contributed by atoms with Crippen molar-refractivity contribution in [1.29, 1.82) is 0 Å². The lowest BCUT2D eigenvalue weighted by Crippen LogP contribution is -2.01. The Labute approximate surface area is 150 Å². The summed E-state index contributed by atoms with van der Waals surface area (Å²) in [7, 11) is -4.22. The van der Waals surface area contributed by atoms with E-state index < -0.39 is 10.1 Å². The summed E-state index contributed by atoms with van der Waals surface area (Å²) in [5.74, 6) is 0.516. The van der Waals surface area contributed by atoms with Gasteiger partial charge in [-0.05, 0) is 50.2 Å². The molecule has 0 aliphatic carbocycles. The predicted molar refractivity (Wildman–Crippen MR) is 95.8 cm³/mol. The molecule has 0 aliphatic rings. The fraction of sp³-hybridized carbons (Fsp3) is 0.118. The van der Waals surface area contributed by atoms with Gasteiger partial charge in [-0.2, -0.15) is 18.2 Å². The van der Waals surface area contributed by atoms with Gasteiger partial charge < -0.3 is 4.18 Å². The molecule has 1 N–H and O–H groups in total. The van der Waals surface area contributed by atoms with E-state index in [-0.39, 0.29) is 4.90 Å². The summed E-state index contributed by atoms with van der Waals surface area (Å²) in [5.41, 5.74) is 2.56. The maximum atomic E-state index is 11.1. The Hall–Kier alpha value is -2.29. The first-order valence-electron chi connectivity index (χ1n) is 7.39. The highest BCUT2D eigenvalue weighted by Crippen LogP contribution is 2.27. The molecule has 0 saturated carbocycles. The van der Waals surface area contributed by atoms with Gasteiger partial charge >= 0.3 is 0 Å².